The first-order valence-corrected chi connectivity index (χ1v) is 8.39. The summed E-state index contributed by atoms with van der Waals surface area (Å²) in [5.74, 6) is 0.920. The predicted octanol–water partition coefficient (Wildman–Crippen LogP) is 3.89. The summed E-state index contributed by atoms with van der Waals surface area (Å²) in [4.78, 5) is 6.99. The summed E-state index contributed by atoms with van der Waals surface area (Å²) in [6.45, 7) is 4.23. The van der Waals surface area contributed by atoms with E-state index in [0.29, 0.717) is 11.6 Å². The molecule has 2 atom stereocenters. The Hall–Kier alpha value is -0.880. The minimum absolute atomic E-state index is 0.0595. The molecule has 1 saturated heterocycles. The van der Waals surface area contributed by atoms with Crippen LogP contribution in [-0.2, 0) is 9.47 Å². The van der Waals surface area contributed by atoms with Gasteiger partial charge in [0, 0.05) is 30.1 Å². The van der Waals surface area contributed by atoms with Gasteiger partial charge in [-0.05, 0) is 31.2 Å². The fraction of sp³-hybridized carbons (Fsp3) is 0.438. The lowest BCUT2D eigenvalue weighted by molar-refractivity contribution is -0.0512. The molecular weight excluding hydrogens is 368 g/mol. The van der Waals surface area contributed by atoms with Gasteiger partial charge in [-0.15, -0.1) is 0 Å². The highest BCUT2D eigenvalue weighted by atomic mass is 79.9. The molecule has 6 heteroatoms. The van der Waals surface area contributed by atoms with Gasteiger partial charge in [-0.2, -0.15) is 0 Å². The molecule has 0 radical (unpaired) electrons. The van der Waals surface area contributed by atoms with Crippen molar-refractivity contribution in [1.82, 2.24) is 4.98 Å². The molecule has 0 N–H and O–H groups in total. The van der Waals surface area contributed by atoms with Crippen LogP contribution in [0, 0.1) is 0 Å². The van der Waals surface area contributed by atoms with Crippen molar-refractivity contribution in [2.45, 2.75) is 19.1 Å². The molecule has 0 bridgehead atoms. The Morgan fingerprint density at radius 1 is 1.36 bits per heavy atom. The van der Waals surface area contributed by atoms with E-state index in [0.717, 1.165) is 34.3 Å². The highest BCUT2D eigenvalue weighted by Crippen LogP contribution is 2.31. The minimum atomic E-state index is 0.0595. The van der Waals surface area contributed by atoms with Gasteiger partial charge >= 0.3 is 0 Å². The molecule has 0 saturated carbocycles. The second kappa shape index (κ2) is 6.71. The first-order chi connectivity index (χ1) is 10.6. The van der Waals surface area contributed by atoms with E-state index >= 15 is 0 Å². The maximum absolute atomic E-state index is 6.30. The molecule has 1 fully saturated rings. The maximum atomic E-state index is 6.30. The van der Waals surface area contributed by atoms with Crippen LogP contribution in [0.4, 0.5) is 5.82 Å². The molecule has 0 aliphatic carbocycles. The van der Waals surface area contributed by atoms with Gasteiger partial charge in [0.25, 0.3) is 0 Å². The van der Waals surface area contributed by atoms with Crippen LogP contribution in [0.15, 0.2) is 28.7 Å². The van der Waals surface area contributed by atoms with Crippen molar-refractivity contribution < 1.29 is 9.47 Å². The van der Waals surface area contributed by atoms with E-state index in [1.165, 1.54) is 0 Å². The Bertz CT molecular complexity index is 682. The first-order valence-electron chi connectivity index (χ1n) is 7.22. The van der Waals surface area contributed by atoms with Gasteiger partial charge in [-0.3, -0.25) is 0 Å². The fourth-order valence-corrected chi connectivity index (χ4v) is 3.48. The summed E-state index contributed by atoms with van der Waals surface area (Å²) in [6.07, 6.45) is 0.202. The van der Waals surface area contributed by atoms with E-state index in [2.05, 4.69) is 33.8 Å². The number of aromatic nitrogens is 1. The lowest BCUT2D eigenvalue weighted by Gasteiger charge is -2.37. The van der Waals surface area contributed by atoms with Crippen LogP contribution in [0.2, 0.25) is 5.02 Å². The van der Waals surface area contributed by atoms with E-state index in [1.54, 1.807) is 7.11 Å². The lowest BCUT2D eigenvalue weighted by atomic mass is 10.2. The summed E-state index contributed by atoms with van der Waals surface area (Å²) in [5.41, 5.74) is 0.816. The van der Waals surface area contributed by atoms with Crippen LogP contribution in [0.1, 0.15) is 6.92 Å². The maximum Gasteiger partial charge on any atom is 0.129 e. The van der Waals surface area contributed by atoms with E-state index in [4.69, 9.17) is 26.1 Å². The molecule has 0 spiro atoms. The zero-order valence-electron chi connectivity index (χ0n) is 12.6. The van der Waals surface area contributed by atoms with Crippen molar-refractivity contribution in [3.8, 4) is 0 Å². The van der Waals surface area contributed by atoms with Crippen LogP contribution >= 0.6 is 27.5 Å². The monoisotopic (exact) mass is 384 g/mol. The van der Waals surface area contributed by atoms with Crippen molar-refractivity contribution in [3.05, 3.63) is 33.8 Å². The SMILES string of the molecule is COCC1CN(c2ccc3c(Br)ccc(Cl)c3n2)CC(C)O1. The number of hydrogen-bond donors (Lipinski definition) is 0. The van der Waals surface area contributed by atoms with E-state index in [-0.39, 0.29) is 12.2 Å². The molecule has 3 rings (SSSR count). The van der Waals surface area contributed by atoms with Crippen LogP contribution < -0.4 is 4.90 Å². The molecule has 22 heavy (non-hydrogen) atoms. The highest BCUT2D eigenvalue weighted by Gasteiger charge is 2.26. The highest BCUT2D eigenvalue weighted by molar-refractivity contribution is 9.10. The molecule has 1 aromatic heterocycles. The third-order valence-electron chi connectivity index (χ3n) is 3.74. The summed E-state index contributed by atoms with van der Waals surface area (Å²) >= 11 is 9.84. The number of nitrogens with zero attached hydrogens (tertiary/aromatic N) is 2. The normalized spacial score (nSPS) is 22.3. The predicted molar refractivity (Wildman–Crippen MR) is 92.9 cm³/mol. The van der Waals surface area contributed by atoms with Crippen molar-refractivity contribution >= 4 is 44.3 Å². The standard InChI is InChI=1S/C16H18BrClN2O2/c1-10-7-20(8-11(22-10)9-21-2)15-6-3-12-13(17)4-5-14(18)16(12)19-15/h3-6,10-11H,7-9H2,1-2H3. The van der Waals surface area contributed by atoms with Crippen LogP contribution in [-0.4, -0.2) is 44.0 Å². The van der Waals surface area contributed by atoms with Gasteiger partial charge in [0.15, 0.2) is 0 Å². The van der Waals surface area contributed by atoms with Crippen LogP contribution in [0.5, 0.6) is 0 Å². The Kier molecular flexibility index (Phi) is 4.88. The number of pyridine rings is 1. The molecule has 118 valence electrons. The number of methoxy groups -OCH3 is 1. The summed E-state index contributed by atoms with van der Waals surface area (Å²) < 4.78 is 12.1. The number of morpholine rings is 1. The fourth-order valence-electron chi connectivity index (χ4n) is 2.83. The molecule has 0 amide bonds. The third kappa shape index (κ3) is 3.23. The molecule has 1 aliphatic heterocycles. The third-order valence-corrected chi connectivity index (χ3v) is 4.74. The molecule has 2 heterocycles. The van der Waals surface area contributed by atoms with Gasteiger partial charge < -0.3 is 14.4 Å². The van der Waals surface area contributed by atoms with Gasteiger partial charge in [0.2, 0.25) is 0 Å². The van der Waals surface area contributed by atoms with Gasteiger partial charge in [-0.1, -0.05) is 27.5 Å². The van der Waals surface area contributed by atoms with E-state index in [9.17, 15) is 0 Å². The topological polar surface area (TPSA) is 34.6 Å². The average molecular weight is 386 g/mol. The number of benzene rings is 1. The van der Waals surface area contributed by atoms with Gasteiger partial charge in [0.1, 0.15) is 5.82 Å². The molecule has 2 aromatic rings. The number of rotatable bonds is 3. The number of fused-ring (bicyclic) bond motifs is 1. The second-order valence-electron chi connectivity index (χ2n) is 5.52. The van der Waals surface area contributed by atoms with Crippen molar-refractivity contribution in [1.29, 1.82) is 0 Å². The summed E-state index contributed by atoms with van der Waals surface area (Å²) in [6, 6.07) is 7.89. The Labute approximate surface area is 143 Å². The Morgan fingerprint density at radius 2 is 2.18 bits per heavy atom. The molecule has 4 nitrogen and oxygen atoms in total. The zero-order valence-corrected chi connectivity index (χ0v) is 14.9. The number of hydrogen-bond acceptors (Lipinski definition) is 4. The number of halogens is 2. The quantitative estimate of drug-likeness (QED) is 0.803. The largest absolute Gasteiger partial charge is 0.382 e. The van der Waals surface area contributed by atoms with Crippen LogP contribution in [0.3, 0.4) is 0 Å². The van der Waals surface area contributed by atoms with Crippen molar-refractivity contribution in [2.75, 3.05) is 31.7 Å². The van der Waals surface area contributed by atoms with Gasteiger partial charge in [0.05, 0.1) is 29.4 Å². The number of anilines is 1. The number of ether oxygens (including phenoxy) is 2. The zero-order chi connectivity index (χ0) is 15.7. The average Bonchev–Trinajstić information content (AvgIpc) is 2.50. The minimum Gasteiger partial charge on any atom is -0.382 e. The van der Waals surface area contributed by atoms with Crippen molar-refractivity contribution in [3.63, 3.8) is 0 Å². The second-order valence-corrected chi connectivity index (χ2v) is 6.79. The summed E-state index contributed by atoms with van der Waals surface area (Å²) in [7, 11) is 1.69. The first kappa shape index (κ1) is 16.0. The Morgan fingerprint density at radius 3 is 2.95 bits per heavy atom. The lowest BCUT2D eigenvalue weighted by Crippen LogP contribution is -2.48. The molecular formula is C16H18BrClN2O2. The van der Waals surface area contributed by atoms with E-state index in [1.807, 2.05) is 18.2 Å². The van der Waals surface area contributed by atoms with Gasteiger partial charge in [-0.25, -0.2) is 4.98 Å². The van der Waals surface area contributed by atoms with Crippen molar-refractivity contribution in [2.24, 2.45) is 0 Å². The molecule has 2 unspecified atom stereocenters. The molecule has 1 aromatic carbocycles. The molecule has 1 aliphatic rings. The van der Waals surface area contributed by atoms with Crippen LogP contribution in [0.25, 0.3) is 10.9 Å². The smallest absolute Gasteiger partial charge is 0.129 e. The summed E-state index contributed by atoms with van der Waals surface area (Å²) in [5, 5.41) is 1.68. The Balaban J connectivity index is 1.94. The van der Waals surface area contributed by atoms with E-state index < -0.39 is 0 Å².